The SMILES string of the molecule is IC#Cc1ccoc1. The summed E-state index contributed by atoms with van der Waals surface area (Å²) in [6, 6.07) is 1.83. The van der Waals surface area contributed by atoms with E-state index in [0.717, 1.165) is 5.56 Å². The molecule has 0 spiro atoms. The Morgan fingerprint density at radius 2 is 2.50 bits per heavy atom. The van der Waals surface area contributed by atoms with Gasteiger partial charge in [-0.1, -0.05) is 5.92 Å². The summed E-state index contributed by atoms with van der Waals surface area (Å²) in [5, 5.41) is 0. The van der Waals surface area contributed by atoms with E-state index in [9.17, 15) is 0 Å². The smallest absolute Gasteiger partial charge is 0.106 e. The van der Waals surface area contributed by atoms with Crippen LogP contribution < -0.4 is 0 Å². The minimum absolute atomic E-state index is 0.930. The maximum absolute atomic E-state index is 4.76. The fourth-order valence-corrected chi connectivity index (χ4v) is 0.702. The number of furan rings is 1. The van der Waals surface area contributed by atoms with Crippen LogP contribution in [-0.4, -0.2) is 0 Å². The van der Waals surface area contributed by atoms with Crippen molar-refractivity contribution >= 4 is 22.6 Å². The second kappa shape index (κ2) is 2.78. The van der Waals surface area contributed by atoms with Gasteiger partial charge in [0.2, 0.25) is 0 Å². The van der Waals surface area contributed by atoms with Gasteiger partial charge in [0.15, 0.2) is 0 Å². The highest BCUT2D eigenvalue weighted by molar-refractivity contribution is 14.1. The summed E-state index contributed by atoms with van der Waals surface area (Å²) in [5.74, 6) is 2.83. The van der Waals surface area contributed by atoms with Crippen LogP contribution in [0.1, 0.15) is 5.56 Å². The summed E-state index contributed by atoms with van der Waals surface area (Å²) < 4.78 is 7.49. The highest BCUT2D eigenvalue weighted by Crippen LogP contribution is 1.96. The Hall–Kier alpha value is -0.430. The van der Waals surface area contributed by atoms with Gasteiger partial charge in [-0.15, -0.1) is 0 Å². The Labute approximate surface area is 61.2 Å². The van der Waals surface area contributed by atoms with E-state index in [4.69, 9.17) is 4.42 Å². The van der Waals surface area contributed by atoms with Crippen molar-refractivity contribution in [2.45, 2.75) is 0 Å². The van der Waals surface area contributed by atoms with Gasteiger partial charge >= 0.3 is 0 Å². The Kier molecular flexibility index (Phi) is 1.98. The predicted octanol–water partition coefficient (Wildman–Crippen LogP) is 2.02. The van der Waals surface area contributed by atoms with Gasteiger partial charge in [0.05, 0.1) is 11.8 Å². The first-order valence-electron chi connectivity index (χ1n) is 2.07. The lowest BCUT2D eigenvalue weighted by atomic mass is 10.4. The molecule has 8 heavy (non-hydrogen) atoms. The third kappa shape index (κ3) is 1.27. The van der Waals surface area contributed by atoms with Crippen molar-refractivity contribution in [1.29, 1.82) is 0 Å². The molecular formula is C6H3IO. The van der Waals surface area contributed by atoms with Crippen LogP contribution in [0.5, 0.6) is 0 Å². The van der Waals surface area contributed by atoms with Crippen LogP contribution in [0.3, 0.4) is 0 Å². The minimum Gasteiger partial charge on any atom is -0.471 e. The second-order valence-corrected chi connectivity index (χ2v) is 1.77. The van der Waals surface area contributed by atoms with Gasteiger partial charge in [0.25, 0.3) is 0 Å². The maximum atomic E-state index is 4.76. The summed E-state index contributed by atoms with van der Waals surface area (Å²) in [5.41, 5.74) is 0.930. The normalized spacial score (nSPS) is 7.62. The fourth-order valence-electron chi connectivity index (χ4n) is 0.390. The molecule has 0 aromatic carbocycles. The van der Waals surface area contributed by atoms with Crippen LogP contribution in [0.15, 0.2) is 23.0 Å². The third-order valence-corrected chi connectivity index (χ3v) is 0.982. The molecule has 0 saturated carbocycles. The molecule has 0 radical (unpaired) electrons. The molecule has 1 heterocycles. The molecule has 0 unspecified atom stereocenters. The Morgan fingerprint density at radius 1 is 1.62 bits per heavy atom. The Bertz CT molecular complexity index is 202. The lowest BCUT2D eigenvalue weighted by Gasteiger charge is -1.66. The highest BCUT2D eigenvalue weighted by atomic mass is 127. The number of hydrogen-bond donors (Lipinski definition) is 0. The van der Waals surface area contributed by atoms with E-state index in [0.29, 0.717) is 0 Å². The van der Waals surface area contributed by atoms with E-state index in [1.54, 1.807) is 12.5 Å². The van der Waals surface area contributed by atoms with E-state index >= 15 is 0 Å². The molecule has 2 heteroatoms. The molecule has 1 aromatic rings. The van der Waals surface area contributed by atoms with E-state index in [-0.39, 0.29) is 0 Å². The van der Waals surface area contributed by atoms with Crippen molar-refractivity contribution in [2.75, 3.05) is 0 Å². The number of halogens is 1. The standard InChI is InChI=1S/C6H3IO/c7-3-1-6-2-4-8-5-6/h2,4-5H. The maximum Gasteiger partial charge on any atom is 0.106 e. The predicted molar refractivity (Wildman–Crippen MR) is 39.6 cm³/mol. The molecule has 0 saturated heterocycles. The molecule has 0 aliphatic heterocycles. The van der Waals surface area contributed by atoms with Crippen LogP contribution in [0, 0.1) is 9.85 Å². The average molecular weight is 218 g/mol. The zero-order chi connectivity index (χ0) is 5.82. The lowest BCUT2D eigenvalue weighted by molar-refractivity contribution is 0.566. The molecule has 1 nitrogen and oxygen atoms in total. The van der Waals surface area contributed by atoms with Crippen LogP contribution in [-0.2, 0) is 0 Å². The van der Waals surface area contributed by atoms with Crippen molar-refractivity contribution in [1.82, 2.24) is 0 Å². The van der Waals surface area contributed by atoms with Crippen LogP contribution >= 0.6 is 22.6 Å². The first kappa shape index (κ1) is 5.70. The first-order valence-corrected chi connectivity index (χ1v) is 3.15. The van der Waals surface area contributed by atoms with E-state index in [2.05, 4.69) is 9.85 Å². The van der Waals surface area contributed by atoms with Gasteiger partial charge in [-0.2, -0.15) is 0 Å². The highest BCUT2D eigenvalue weighted by Gasteiger charge is 1.81. The van der Waals surface area contributed by atoms with Crippen molar-refractivity contribution in [3.8, 4) is 9.85 Å². The molecule has 40 valence electrons. The molecule has 0 N–H and O–H groups in total. The van der Waals surface area contributed by atoms with Crippen molar-refractivity contribution in [3.05, 3.63) is 24.2 Å². The first-order chi connectivity index (χ1) is 3.93. The van der Waals surface area contributed by atoms with Gasteiger partial charge in [0, 0.05) is 22.6 Å². The summed E-state index contributed by atoms with van der Waals surface area (Å²) in [6.45, 7) is 0. The van der Waals surface area contributed by atoms with Gasteiger partial charge in [-0.3, -0.25) is 0 Å². The number of hydrogen-bond acceptors (Lipinski definition) is 1. The Balaban J connectivity index is 2.88. The average Bonchev–Trinajstić information content (AvgIpc) is 2.19. The van der Waals surface area contributed by atoms with E-state index in [1.807, 2.05) is 28.7 Å². The zero-order valence-electron chi connectivity index (χ0n) is 4.02. The molecule has 0 aliphatic rings. The third-order valence-electron chi connectivity index (χ3n) is 0.713. The summed E-state index contributed by atoms with van der Waals surface area (Å²) in [7, 11) is 0. The van der Waals surface area contributed by atoms with E-state index in [1.165, 1.54) is 0 Å². The fraction of sp³-hybridized carbons (Fsp3) is 0. The Morgan fingerprint density at radius 3 is 3.00 bits per heavy atom. The molecule has 1 aromatic heterocycles. The molecule has 0 aliphatic carbocycles. The van der Waals surface area contributed by atoms with Crippen molar-refractivity contribution in [2.24, 2.45) is 0 Å². The van der Waals surface area contributed by atoms with Crippen molar-refractivity contribution in [3.63, 3.8) is 0 Å². The monoisotopic (exact) mass is 218 g/mol. The molecule has 0 fully saturated rings. The van der Waals surface area contributed by atoms with E-state index < -0.39 is 0 Å². The molecule has 0 atom stereocenters. The lowest BCUT2D eigenvalue weighted by Crippen LogP contribution is -1.56. The summed E-state index contributed by atoms with van der Waals surface area (Å²) >= 11 is 1.99. The van der Waals surface area contributed by atoms with Crippen molar-refractivity contribution < 1.29 is 4.42 Å². The van der Waals surface area contributed by atoms with Gasteiger partial charge in [-0.25, -0.2) is 0 Å². The van der Waals surface area contributed by atoms with Crippen LogP contribution in [0.2, 0.25) is 0 Å². The molecule has 1 rings (SSSR count). The topological polar surface area (TPSA) is 13.1 Å². The zero-order valence-corrected chi connectivity index (χ0v) is 6.18. The number of rotatable bonds is 0. The van der Waals surface area contributed by atoms with Crippen LogP contribution in [0.4, 0.5) is 0 Å². The largest absolute Gasteiger partial charge is 0.471 e. The molecule has 0 amide bonds. The van der Waals surface area contributed by atoms with Crippen LogP contribution in [0.25, 0.3) is 0 Å². The quantitative estimate of drug-likeness (QED) is 0.479. The van der Waals surface area contributed by atoms with Gasteiger partial charge in [0.1, 0.15) is 6.26 Å². The molecule has 0 bridgehead atoms. The van der Waals surface area contributed by atoms with Gasteiger partial charge < -0.3 is 4.42 Å². The van der Waals surface area contributed by atoms with Gasteiger partial charge in [-0.05, 0) is 9.99 Å². The second-order valence-electron chi connectivity index (χ2n) is 1.23. The summed E-state index contributed by atoms with van der Waals surface area (Å²) in [6.07, 6.45) is 3.22. The molecular weight excluding hydrogens is 215 g/mol. The minimum atomic E-state index is 0.930. The summed E-state index contributed by atoms with van der Waals surface area (Å²) in [4.78, 5) is 0.